The molecule has 0 aliphatic carbocycles. The molecule has 0 N–H and O–H groups in total. The Hall–Kier alpha value is -1.42. The number of likely N-dealkylation sites (tertiary alicyclic amines) is 1. The van der Waals surface area contributed by atoms with Crippen LogP contribution in [0.3, 0.4) is 0 Å². The van der Waals surface area contributed by atoms with E-state index in [9.17, 15) is 4.79 Å². The molecule has 1 aromatic heterocycles. The molecule has 1 aliphatic heterocycles. The van der Waals surface area contributed by atoms with E-state index in [4.69, 9.17) is 0 Å². The average Bonchev–Trinajstić information content (AvgIpc) is 2.81. The van der Waals surface area contributed by atoms with Gasteiger partial charge in [0.1, 0.15) is 0 Å². The molecule has 0 radical (unpaired) electrons. The van der Waals surface area contributed by atoms with Gasteiger partial charge in [-0.3, -0.25) is 9.78 Å². The summed E-state index contributed by atoms with van der Waals surface area (Å²) >= 11 is 0. The van der Waals surface area contributed by atoms with Crippen molar-refractivity contribution in [3.05, 3.63) is 30.1 Å². The summed E-state index contributed by atoms with van der Waals surface area (Å²) in [5.41, 5.74) is 1.13. The van der Waals surface area contributed by atoms with Crippen molar-refractivity contribution in [3.63, 3.8) is 0 Å². The Morgan fingerprint density at radius 3 is 2.94 bits per heavy atom. The van der Waals surface area contributed by atoms with E-state index in [1.165, 1.54) is 0 Å². The zero-order valence-corrected chi connectivity index (χ0v) is 11.0. The van der Waals surface area contributed by atoms with Crippen LogP contribution in [0.25, 0.3) is 0 Å². The van der Waals surface area contributed by atoms with Crippen molar-refractivity contribution < 1.29 is 4.79 Å². The van der Waals surface area contributed by atoms with E-state index in [1.807, 2.05) is 23.2 Å². The topological polar surface area (TPSA) is 36.4 Å². The van der Waals surface area contributed by atoms with Gasteiger partial charge in [0.25, 0.3) is 0 Å². The first-order chi connectivity index (χ1) is 8.75. The van der Waals surface area contributed by atoms with Gasteiger partial charge in [0.2, 0.25) is 5.91 Å². The first-order valence-electron chi connectivity index (χ1n) is 6.62. The highest BCUT2D eigenvalue weighted by molar-refractivity contribution is 5.78. The number of carbonyl (C=O) groups is 1. The van der Waals surface area contributed by atoms with Crippen LogP contribution in [-0.4, -0.2) is 53.9 Å². The molecular weight excluding hydrogens is 226 g/mol. The van der Waals surface area contributed by atoms with Gasteiger partial charge >= 0.3 is 0 Å². The Bertz CT molecular complexity index is 380. The van der Waals surface area contributed by atoms with Crippen LogP contribution in [0, 0.1) is 0 Å². The summed E-state index contributed by atoms with van der Waals surface area (Å²) in [6.07, 6.45) is 4.55. The van der Waals surface area contributed by atoms with Crippen molar-refractivity contribution in [3.8, 4) is 0 Å². The molecule has 2 heterocycles. The number of likely N-dealkylation sites (N-methyl/N-ethyl adjacent to an activating group) is 1. The van der Waals surface area contributed by atoms with Crippen LogP contribution >= 0.6 is 0 Å². The molecule has 1 saturated heterocycles. The Kier molecular flexibility index (Phi) is 4.70. The largest absolute Gasteiger partial charge is 0.341 e. The monoisotopic (exact) mass is 247 g/mol. The smallest absolute Gasteiger partial charge is 0.222 e. The van der Waals surface area contributed by atoms with E-state index in [0.29, 0.717) is 5.91 Å². The van der Waals surface area contributed by atoms with Gasteiger partial charge in [-0.15, -0.1) is 0 Å². The lowest BCUT2D eigenvalue weighted by Gasteiger charge is -2.21. The molecule has 2 rings (SSSR count). The Labute approximate surface area is 109 Å². The van der Waals surface area contributed by atoms with Crippen LogP contribution in [0.15, 0.2) is 24.4 Å². The van der Waals surface area contributed by atoms with Gasteiger partial charge in [0.15, 0.2) is 0 Å². The lowest BCUT2D eigenvalue weighted by Crippen LogP contribution is -2.34. The number of aromatic nitrogens is 1. The van der Waals surface area contributed by atoms with Crippen molar-refractivity contribution in [2.75, 3.05) is 33.2 Å². The van der Waals surface area contributed by atoms with Crippen molar-refractivity contribution >= 4 is 5.91 Å². The molecule has 4 heteroatoms. The summed E-state index contributed by atoms with van der Waals surface area (Å²) < 4.78 is 0. The van der Waals surface area contributed by atoms with Gasteiger partial charge in [-0.2, -0.15) is 0 Å². The number of nitrogens with zero attached hydrogens (tertiary/aromatic N) is 3. The molecule has 0 bridgehead atoms. The predicted molar refractivity (Wildman–Crippen MR) is 71.3 cm³/mol. The third-order valence-electron chi connectivity index (χ3n) is 3.40. The molecule has 0 atom stereocenters. The van der Waals surface area contributed by atoms with Crippen molar-refractivity contribution in [1.29, 1.82) is 0 Å². The lowest BCUT2D eigenvalue weighted by atomic mass is 10.2. The van der Waals surface area contributed by atoms with Crippen molar-refractivity contribution in [1.82, 2.24) is 14.8 Å². The Morgan fingerprint density at radius 2 is 2.28 bits per heavy atom. The molecule has 0 aromatic carbocycles. The molecule has 98 valence electrons. The lowest BCUT2D eigenvalue weighted by molar-refractivity contribution is -0.127. The Balaban J connectivity index is 1.66. The van der Waals surface area contributed by atoms with Gasteiger partial charge in [0, 0.05) is 50.9 Å². The quantitative estimate of drug-likeness (QED) is 0.757. The van der Waals surface area contributed by atoms with Crippen molar-refractivity contribution in [2.45, 2.75) is 19.3 Å². The number of pyridine rings is 1. The zero-order valence-electron chi connectivity index (χ0n) is 11.0. The molecule has 1 amide bonds. The predicted octanol–water partition coefficient (Wildman–Crippen LogP) is 1.18. The fourth-order valence-corrected chi connectivity index (χ4v) is 2.20. The fourth-order valence-electron chi connectivity index (χ4n) is 2.20. The molecule has 1 aliphatic rings. The minimum absolute atomic E-state index is 0.313. The van der Waals surface area contributed by atoms with E-state index in [-0.39, 0.29) is 0 Å². The second-order valence-corrected chi connectivity index (χ2v) is 4.86. The zero-order chi connectivity index (χ0) is 12.8. The van der Waals surface area contributed by atoms with E-state index < -0.39 is 0 Å². The van der Waals surface area contributed by atoms with Crippen LogP contribution in [0.1, 0.15) is 18.5 Å². The number of hydrogen-bond donors (Lipinski definition) is 0. The Morgan fingerprint density at radius 1 is 1.39 bits per heavy atom. The summed E-state index contributed by atoms with van der Waals surface area (Å²) in [7, 11) is 2.10. The molecule has 1 aromatic rings. The minimum Gasteiger partial charge on any atom is -0.341 e. The van der Waals surface area contributed by atoms with Gasteiger partial charge in [0.05, 0.1) is 0 Å². The molecule has 18 heavy (non-hydrogen) atoms. The standard InChI is InChI=1S/C14H21N3O/c1-16(10-7-13-5-2-3-8-15-13)11-12-17-9-4-6-14(17)18/h2-3,5,8H,4,6-7,9-12H2,1H3. The third kappa shape index (κ3) is 3.81. The minimum atomic E-state index is 0.313. The number of carbonyl (C=O) groups excluding carboxylic acids is 1. The van der Waals surface area contributed by atoms with E-state index in [0.717, 1.165) is 51.1 Å². The van der Waals surface area contributed by atoms with Crippen LogP contribution in [-0.2, 0) is 11.2 Å². The fraction of sp³-hybridized carbons (Fsp3) is 0.571. The second-order valence-electron chi connectivity index (χ2n) is 4.86. The summed E-state index contributed by atoms with van der Waals surface area (Å²) in [5, 5.41) is 0. The van der Waals surface area contributed by atoms with Gasteiger partial charge in [-0.1, -0.05) is 6.07 Å². The molecular formula is C14H21N3O. The highest BCUT2D eigenvalue weighted by Crippen LogP contribution is 2.08. The number of rotatable bonds is 6. The van der Waals surface area contributed by atoms with E-state index in [1.54, 1.807) is 0 Å². The SMILES string of the molecule is CN(CCc1ccccn1)CCN1CCCC1=O. The molecule has 0 saturated carbocycles. The van der Waals surface area contributed by atoms with Gasteiger partial charge < -0.3 is 9.80 Å². The maximum absolute atomic E-state index is 11.5. The van der Waals surface area contributed by atoms with E-state index >= 15 is 0 Å². The van der Waals surface area contributed by atoms with Gasteiger partial charge in [-0.25, -0.2) is 0 Å². The first-order valence-corrected chi connectivity index (χ1v) is 6.62. The average molecular weight is 247 g/mol. The van der Waals surface area contributed by atoms with Crippen LogP contribution in [0.5, 0.6) is 0 Å². The maximum Gasteiger partial charge on any atom is 0.222 e. The molecule has 0 unspecified atom stereocenters. The second kappa shape index (κ2) is 6.50. The summed E-state index contributed by atoms with van der Waals surface area (Å²) in [6, 6.07) is 6.01. The molecule has 1 fully saturated rings. The number of hydrogen-bond acceptors (Lipinski definition) is 3. The molecule has 4 nitrogen and oxygen atoms in total. The van der Waals surface area contributed by atoms with E-state index in [2.05, 4.69) is 23.0 Å². The maximum atomic E-state index is 11.5. The summed E-state index contributed by atoms with van der Waals surface area (Å²) in [4.78, 5) is 20.0. The van der Waals surface area contributed by atoms with Crippen LogP contribution < -0.4 is 0 Å². The number of amides is 1. The first kappa shape index (κ1) is 13.0. The highest BCUT2D eigenvalue weighted by Gasteiger charge is 2.19. The normalized spacial score (nSPS) is 15.7. The summed E-state index contributed by atoms with van der Waals surface area (Å²) in [6.45, 7) is 3.72. The third-order valence-corrected chi connectivity index (χ3v) is 3.40. The summed E-state index contributed by atoms with van der Waals surface area (Å²) in [5.74, 6) is 0.313. The van der Waals surface area contributed by atoms with Crippen LogP contribution in [0.2, 0.25) is 0 Å². The van der Waals surface area contributed by atoms with Crippen molar-refractivity contribution in [2.24, 2.45) is 0 Å². The van der Waals surface area contributed by atoms with Crippen LogP contribution in [0.4, 0.5) is 0 Å². The molecule has 0 spiro atoms. The highest BCUT2D eigenvalue weighted by atomic mass is 16.2. The van der Waals surface area contributed by atoms with Gasteiger partial charge in [-0.05, 0) is 25.6 Å².